The second kappa shape index (κ2) is 5.97. The monoisotopic (exact) mass is 175 g/mol. The fourth-order valence-electron chi connectivity index (χ4n) is 0.871. The molecule has 0 aliphatic heterocycles. The molecule has 12 heavy (non-hydrogen) atoms. The lowest BCUT2D eigenvalue weighted by atomic mass is 10.1. The average molecular weight is 175 g/mol. The molecule has 0 aromatic heterocycles. The number of aliphatic hydroxyl groups excluding tert-OH is 1. The zero-order valence-electron chi connectivity index (χ0n) is 7.62. The molecule has 0 spiro atoms. The van der Waals surface area contributed by atoms with Crippen LogP contribution in [0, 0.1) is 0 Å². The molecule has 3 N–H and O–H groups in total. The van der Waals surface area contributed by atoms with Crippen LogP contribution < -0.4 is 5.73 Å². The highest BCUT2D eigenvalue weighted by Gasteiger charge is 2.22. The topological polar surface area (TPSA) is 72.5 Å². The van der Waals surface area contributed by atoms with Crippen LogP contribution in [0.3, 0.4) is 0 Å². The summed E-state index contributed by atoms with van der Waals surface area (Å²) in [4.78, 5) is 11.0. The van der Waals surface area contributed by atoms with Gasteiger partial charge in [0.2, 0.25) is 0 Å². The molecule has 4 heteroatoms. The Morgan fingerprint density at radius 2 is 2.17 bits per heavy atom. The van der Waals surface area contributed by atoms with Gasteiger partial charge in [-0.1, -0.05) is 13.3 Å². The van der Waals surface area contributed by atoms with Crippen LogP contribution in [-0.2, 0) is 9.53 Å². The van der Waals surface area contributed by atoms with Crippen LogP contribution in [0.5, 0.6) is 0 Å². The standard InChI is InChI=1S/C8H17NO3/c1-3-5-6(10)7(9)8(11)12-4-2/h6-7,10H,3-5,9H2,1-2H3. The van der Waals surface area contributed by atoms with E-state index in [0.717, 1.165) is 6.42 Å². The summed E-state index contributed by atoms with van der Waals surface area (Å²) in [6.45, 7) is 3.92. The second-order valence-corrected chi connectivity index (χ2v) is 2.63. The zero-order valence-corrected chi connectivity index (χ0v) is 7.62. The fraction of sp³-hybridized carbons (Fsp3) is 0.875. The first-order valence-electron chi connectivity index (χ1n) is 4.23. The Hall–Kier alpha value is -0.610. The van der Waals surface area contributed by atoms with Gasteiger partial charge in [0, 0.05) is 0 Å². The Balaban J connectivity index is 3.82. The van der Waals surface area contributed by atoms with E-state index >= 15 is 0 Å². The Bertz CT molecular complexity index is 138. The van der Waals surface area contributed by atoms with Crippen LogP contribution in [0.25, 0.3) is 0 Å². The van der Waals surface area contributed by atoms with Crippen molar-refractivity contribution in [2.24, 2.45) is 5.73 Å². The summed E-state index contributed by atoms with van der Waals surface area (Å²) in [5.41, 5.74) is 5.41. The van der Waals surface area contributed by atoms with Gasteiger partial charge < -0.3 is 15.6 Å². The molecule has 0 aromatic carbocycles. The number of hydrogen-bond acceptors (Lipinski definition) is 4. The molecule has 0 radical (unpaired) electrons. The minimum absolute atomic E-state index is 0.297. The smallest absolute Gasteiger partial charge is 0.325 e. The van der Waals surface area contributed by atoms with Crippen molar-refractivity contribution in [1.82, 2.24) is 0 Å². The molecular formula is C8H17NO3. The highest BCUT2D eigenvalue weighted by molar-refractivity contribution is 5.76. The quantitative estimate of drug-likeness (QED) is 0.578. The van der Waals surface area contributed by atoms with Crippen LogP contribution in [0.2, 0.25) is 0 Å². The lowest BCUT2D eigenvalue weighted by Crippen LogP contribution is -2.42. The van der Waals surface area contributed by atoms with E-state index in [2.05, 4.69) is 4.74 Å². The normalized spacial score (nSPS) is 15.3. The highest BCUT2D eigenvalue weighted by atomic mass is 16.5. The predicted molar refractivity (Wildman–Crippen MR) is 45.5 cm³/mol. The number of carbonyl (C=O) groups is 1. The largest absolute Gasteiger partial charge is 0.465 e. The van der Waals surface area contributed by atoms with Crippen molar-refractivity contribution in [1.29, 1.82) is 0 Å². The molecule has 0 amide bonds. The van der Waals surface area contributed by atoms with Crippen molar-refractivity contribution >= 4 is 5.97 Å². The van der Waals surface area contributed by atoms with Gasteiger partial charge in [0.05, 0.1) is 12.7 Å². The molecule has 0 aromatic rings. The van der Waals surface area contributed by atoms with Crippen LogP contribution in [0.1, 0.15) is 26.7 Å². The third-order valence-corrected chi connectivity index (χ3v) is 1.56. The summed E-state index contributed by atoms with van der Waals surface area (Å²) < 4.78 is 4.65. The SMILES string of the molecule is CCCC(O)C(N)C(=O)OCC. The van der Waals surface area contributed by atoms with Gasteiger partial charge in [-0.15, -0.1) is 0 Å². The predicted octanol–water partition coefficient (Wildman–Crippen LogP) is 0.0378. The molecule has 0 bridgehead atoms. The summed E-state index contributed by atoms with van der Waals surface area (Å²) in [6.07, 6.45) is 0.544. The van der Waals surface area contributed by atoms with Crippen molar-refractivity contribution < 1.29 is 14.6 Å². The number of nitrogens with two attached hydrogens (primary N) is 1. The van der Waals surface area contributed by atoms with Crippen LogP contribution >= 0.6 is 0 Å². The van der Waals surface area contributed by atoms with E-state index in [1.54, 1.807) is 6.92 Å². The summed E-state index contributed by atoms with van der Waals surface area (Å²) in [5, 5.41) is 9.29. The third-order valence-electron chi connectivity index (χ3n) is 1.56. The van der Waals surface area contributed by atoms with Crippen LogP contribution in [0.4, 0.5) is 0 Å². The lowest BCUT2D eigenvalue weighted by Gasteiger charge is -2.15. The van der Waals surface area contributed by atoms with Gasteiger partial charge in [0.15, 0.2) is 0 Å². The molecule has 0 aliphatic rings. The van der Waals surface area contributed by atoms with Crippen molar-refractivity contribution in [2.75, 3.05) is 6.61 Å². The van der Waals surface area contributed by atoms with E-state index in [-0.39, 0.29) is 0 Å². The van der Waals surface area contributed by atoms with Gasteiger partial charge in [-0.25, -0.2) is 0 Å². The molecule has 0 fully saturated rings. The Morgan fingerprint density at radius 1 is 1.58 bits per heavy atom. The average Bonchev–Trinajstić information content (AvgIpc) is 2.04. The molecular weight excluding hydrogens is 158 g/mol. The van der Waals surface area contributed by atoms with Crippen molar-refractivity contribution in [3.63, 3.8) is 0 Å². The Morgan fingerprint density at radius 3 is 2.58 bits per heavy atom. The summed E-state index contributed by atoms with van der Waals surface area (Å²) in [5.74, 6) is -0.529. The van der Waals surface area contributed by atoms with E-state index in [4.69, 9.17) is 5.73 Å². The number of ether oxygens (including phenoxy) is 1. The van der Waals surface area contributed by atoms with Crippen molar-refractivity contribution in [2.45, 2.75) is 38.8 Å². The van der Waals surface area contributed by atoms with Crippen molar-refractivity contribution in [3.8, 4) is 0 Å². The van der Waals surface area contributed by atoms with Crippen LogP contribution in [0.15, 0.2) is 0 Å². The number of aliphatic hydroxyl groups is 1. The van der Waals surface area contributed by atoms with E-state index in [1.165, 1.54) is 0 Å². The maximum absolute atomic E-state index is 11.0. The van der Waals surface area contributed by atoms with Gasteiger partial charge in [-0.2, -0.15) is 0 Å². The summed E-state index contributed by atoms with van der Waals surface area (Å²) in [6, 6.07) is -0.898. The van der Waals surface area contributed by atoms with Crippen LogP contribution in [-0.4, -0.2) is 29.8 Å². The second-order valence-electron chi connectivity index (χ2n) is 2.63. The van der Waals surface area contributed by atoms with Gasteiger partial charge in [0.1, 0.15) is 6.04 Å². The van der Waals surface area contributed by atoms with E-state index in [9.17, 15) is 9.90 Å². The molecule has 0 rings (SSSR count). The highest BCUT2D eigenvalue weighted by Crippen LogP contribution is 2.01. The van der Waals surface area contributed by atoms with Gasteiger partial charge in [-0.3, -0.25) is 4.79 Å². The van der Waals surface area contributed by atoms with Gasteiger partial charge in [0.25, 0.3) is 0 Å². The molecule has 2 atom stereocenters. The first-order chi connectivity index (χ1) is 5.63. The molecule has 0 saturated heterocycles. The Kier molecular flexibility index (Phi) is 5.66. The molecule has 0 saturated carbocycles. The number of rotatable bonds is 5. The van der Waals surface area contributed by atoms with Gasteiger partial charge in [-0.05, 0) is 13.3 Å². The van der Waals surface area contributed by atoms with E-state index in [1.807, 2.05) is 6.92 Å². The van der Waals surface area contributed by atoms with E-state index in [0.29, 0.717) is 13.0 Å². The minimum Gasteiger partial charge on any atom is -0.465 e. The summed E-state index contributed by atoms with van der Waals surface area (Å²) >= 11 is 0. The maximum Gasteiger partial charge on any atom is 0.325 e. The van der Waals surface area contributed by atoms with Gasteiger partial charge >= 0.3 is 5.97 Å². The van der Waals surface area contributed by atoms with E-state index < -0.39 is 18.1 Å². The molecule has 4 nitrogen and oxygen atoms in total. The number of hydrogen-bond donors (Lipinski definition) is 2. The fourth-order valence-corrected chi connectivity index (χ4v) is 0.871. The first-order valence-corrected chi connectivity index (χ1v) is 4.23. The summed E-state index contributed by atoms with van der Waals surface area (Å²) in [7, 11) is 0. The van der Waals surface area contributed by atoms with Crippen molar-refractivity contribution in [3.05, 3.63) is 0 Å². The first kappa shape index (κ1) is 11.4. The third kappa shape index (κ3) is 3.69. The molecule has 0 heterocycles. The zero-order chi connectivity index (χ0) is 9.56. The maximum atomic E-state index is 11.0. The molecule has 72 valence electrons. The lowest BCUT2D eigenvalue weighted by molar-refractivity contribution is -0.147. The minimum atomic E-state index is -0.898. The number of esters is 1. The Labute approximate surface area is 72.7 Å². The molecule has 0 aliphatic carbocycles. The molecule has 2 unspecified atom stereocenters. The number of carbonyl (C=O) groups excluding carboxylic acids is 1.